The molecule has 0 aliphatic heterocycles. The molecule has 0 bridgehead atoms. The van der Waals surface area contributed by atoms with E-state index in [-0.39, 0.29) is 23.4 Å². The van der Waals surface area contributed by atoms with Crippen LogP contribution in [0.25, 0.3) is 0 Å². The van der Waals surface area contributed by atoms with Gasteiger partial charge in [-0.15, -0.1) is 0 Å². The summed E-state index contributed by atoms with van der Waals surface area (Å²) in [4.78, 5) is 12.3. The third-order valence-corrected chi connectivity index (χ3v) is 4.35. The summed E-state index contributed by atoms with van der Waals surface area (Å²) in [6.07, 6.45) is 2.34. The highest BCUT2D eigenvalue weighted by Gasteiger charge is 2.61. The van der Waals surface area contributed by atoms with E-state index in [1.165, 1.54) is 5.57 Å². The van der Waals surface area contributed by atoms with Crippen LogP contribution in [0.1, 0.15) is 47.1 Å². The van der Waals surface area contributed by atoms with E-state index in [0.717, 1.165) is 11.3 Å². The quantitative estimate of drug-likeness (QED) is 0.561. The van der Waals surface area contributed by atoms with Crippen molar-refractivity contribution >= 4 is 5.97 Å². The number of ether oxygens (including phenoxy) is 2. The van der Waals surface area contributed by atoms with Gasteiger partial charge in [0.25, 0.3) is 0 Å². The number of allylic oxidation sites excluding steroid dienone is 2. The predicted octanol–water partition coefficient (Wildman–Crippen LogP) is 4.76. The molecule has 0 heterocycles. The minimum absolute atomic E-state index is 0.00329. The van der Waals surface area contributed by atoms with Crippen molar-refractivity contribution in [3.8, 4) is 5.75 Å². The number of hydrogen-bond donors (Lipinski definition) is 0. The van der Waals surface area contributed by atoms with E-state index < -0.39 is 0 Å². The molecule has 1 fully saturated rings. The van der Waals surface area contributed by atoms with Crippen LogP contribution in [-0.2, 0) is 16.1 Å². The van der Waals surface area contributed by atoms with Gasteiger partial charge in [0.15, 0.2) is 0 Å². The highest BCUT2D eigenvalue weighted by Crippen LogP contribution is 2.59. The summed E-state index contributed by atoms with van der Waals surface area (Å²) in [5.41, 5.74) is 2.23. The smallest absolute Gasteiger partial charge is 0.310 e. The standard InChI is InChI=1S/C20H28O3/c1-13(2)11-17-18(20(17,5)6)19(21)22-12-15-7-9-16(10-8-15)23-14(3)4/h7-11,14,17-18H,12H2,1-6H3/t17?,18-/m0/s1. The molecule has 1 aromatic rings. The molecule has 1 aliphatic carbocycles. The van der Waals surface area contributed by atoms with Crippen LogP contribution in [0.3, 0.4) is 0 Å². The summed E-state index contributed by atoms with van der Waals surface area (Å²) in [6, 6.07) is 7.71. The Morgan fingerprint density at radius 2 is 1.83 bits per heavy atom. The molecule has 2 rings (SSSR count). The molecule has 2 atom stereocenters. The van der Waals surface area contributed by atoms with Gasteiger partial charge in [-0.2, -0.15) is 0 Å². The number of hydrogen-bond acceptors (Lipinski definition) is 3. The zero-order valence-electron chi connectivity index (χ0n) is 15.1. The number of benzene rings is 1. The molecule has 0 amide bonds. The summed E-state index contributed by atoms with van der Waals surface area (Å²) in [6.45, 7) is 12.7. The van der Waals surface area contributed by atoms with E-state index in [0.29, 0.717) is 12.5 Å². The second kappa shape index (κ2) is 6.77. The topological polar surface area (TPSA) is 35.5 Å². The Labute approximate surface area is 139 Å². The van der Waals surface area contributed by atoms with Gasteiger partial charge in [0.05, 0.1) is 12.0 Å². The Morgan fingerprint density at radius 1 is 1.22 bits per heavy atom. The summed E-state index contributed by atoms with van der Waals surface area (Å²) in [5.74, 6) is 1.00. The molecule has 0 aromatic heterocycles. The maximum Gasteiger partial charge on any atom is 0.310 e. The van der Waals surface area contributed by atoms with Crippen molar-refractivity contribution < 1.29 is 14.3 Å². The second-order valence-electron chi connectivity index (χ2n) is 7.49. The fourth-order valence-electron chi connectivity index (χ4n) is 2.98. The van der Waals surface area contributed by atoms with Gasteiger partial charge in [-0.3, -0.25) is 4.79 Å². The van der Waals surface area contributed by atoms with Crippen LogP contribution in [0, 0.1) is 17.3 Å². The van der Waals surface area contributed by atoms with E-state index in [1.54, 1.807) is 0 Å². The van der Waals surface area contributed by atoms with Crippen molar-refractivity contribution in [2.45, 2.75) is 54.3 Å². The average Bonchev–Trinajstić information content (AvgIpc) is 2.97. The first kappa shape index (κ1) is 17.6. The summed E-state index contributed by atoms with van der Waals surface area (Å²) in [5, 5.41) is 0. The molecule has 1 unspecified atom stereocenters. The van der Waals surface area contributed by atoms with E-state index in [1.807, 2.05) is 38.1 Å². The molecule has 1 saturated carbocycles. The third-order valence-electron chi connectivity index (χ3n) is 4.35. The summed E-state index contributed by atoms with van der Waals surface area (Å²) in [7, 11) is 0. The van der Waals surface area contributed by atoms with Gasteiger partial charge in [0.2, 0.25) is 0 Å². The molecule has 0 N–H and O–H groups in total. The molecule has 23 heavy (non-hydrogen) atoms. The zero-order chi connectivity index (χ0) is 17.2. The Morgan fingerprint density at radius 3 is 2.35 bits per heavy atom. The first-order valence-corrected chi connectivity index (χ1v) is 8.29. The predicted molar refractivity (Wildman–Crippen MR) is 92.2 cm³/mol. The highest BCUT2D eigenvalue weighted by molar-refractivity contribution is 5.78. The Balaban J connectivity index is 1.89. The normalized spacial score (nSPS) is 21.7. The van der Waals surface area contributed by atoms with Crippen LogP contribution in [0.15, 0.2) is 35.9 Å². The first-order chi connectivity index (χ1) is 10.7. The highest BCUT2D eigenvalue weighted by atomic mass is 16.5. The monoisotopic (exact) mass is 316 g/mol. The van der Waals surface area contributed by atoms with Gasteiger partial charge < -0.3 is 9.47 Å². The molecule has 1 aromatic carbocycles. The Hall–Kier alpha value is -1.77. The van der Waals surface area contributed by atoms with Crippen LogP contribution in [0.5, 0.6) is 5.75 Å². The first-order valence-electron chi connectivity index (χ1n) is 8.29. The van der Waals surface area contributed by atoms with Gasteiger partial charge in [0.1, 0.15) is 12.4 Å². The van der Waals surface area contributed by atoms with Crippen molar-refractivity contribution in [1.82, 2.24) is 0 Å². The van der Waals surface area contributed by atoms with Crippen molar-refractivity contribution in [2.75, 3.05) is 0 Å². The van der Waals surface area contributed by atoms with Gasteiger partial charge in [-0.1, -0.05) is 37.6 Å². The van der Waals surface area contributed by atoms with Crippen LogP contribution in [-0.4, -0.2) is 12.1 Å². The van der Waals surface area contributed by atoms with Gasteiger partial charge in [-0.25, -0.2) is 0 Å². The maximum absolute atomic E-state index is 12.3. The molecule has 1 aliphatic rings. The van der Waals surface area contributed by atoms with Crippen molar-refractivity contribution in [3.63, 3.8) is 0 Å². The molecule has 3 nitrogen and oxygen atoms in total. The second-order valence-corrected chi connectivity index (χ2v) is 7.49. The maximum atomic E-state index is 12.3. The average molecular weight is 316 g/mol. The fraction of sp³-hybridized carbons (Fsp3) is 0.550. The molecule has 0 spiro atoms. The summed E-state index contributed by atoms with van der Waals surface area (Å²) < 4.78 is 11.1. The number of carbonyl (C=O) groups excluding carboxylic acids is 1. The van der Waals surface area contributed by atoms with Crippen LogP contribution in [0.4, 0.5) is 0 Å². The van der Waals surface area contributed by atoms with E-state index in [4.69, 9.17) is 9.47 Å². The molecule has 0 saturated heterocycles. The lowest BCUT2D eigenvalue weighted by molar-refractivity contribution is -0.147. The lowest BCUT2D eigenvalue weighted by Crippen LogP contribution is -2.10. The third kappa shape index (κ3) is 4.37. The van der Waals surface area contributed by atoms with E-state index in [2.05, 4.69) is 33.8 Å². The molecular weight excluding hydrogens is 288 g/mol. The minimum atomic E-state index is -0.0972. The Kier molecular flexibility index (Phi) is 5.18. The fourth-order valence-corrected chi connectivity index (χ4v) is 2.98. The SMILES string of the molecule is CC(C)=CC1[C@@H](C(=O)OCc2ccc(OC(C)C)cc2)C1(C)C. The van der Waals surface area contributed by atoms with Crippen LogP contribution in [0.2, 0.25) is 0 Å². The van der Waals surface area contributed by atoms with Crippen LogP contribution < -0.4 is 4.74 Å². The number of esters is 1. The number of rotatable bonds is 6. The van der Waals surface area contributed by atoms with Crippen molar-refractivity contribution in [2.24, 2.45) is 17.3 Å². The lowest BCUT2D eigenvalue weighted by Gasteiger charge is -2.10. The lowest BCUT2D eigenvalue weighted by atomic mass is 10.1. The van der Waals surface area contributed by atoms with E-state index in [9.17, 15) is 4.79 Å². The molecule has 3 heteroatoms. The van der Waals surface area contributed by atoms with Crippen molar-refractivity contribution in [3.05, 3.63) is 41.5 Å². The largest absolute Gasteiger partial charge is 0.491 e. The van der Waals surface area contributed by atoms with Gasteiger partial charge in [-0.05, 0) is 56.7 Å². The van der Waals surface area contributed by atoms with Crippen LogP contribution >= 0.6 is 0 Å². The zero-order valence-corrected chi connectivity index (χ0v) is 15.1. The molecule has 0 radical (unpaired) electrons. The molecular formula is C20H28O3. The minimum Gasteiger partial charge on any atom is -0.491 e. The number of carbonyl (C=O) groups is 1. The van der Waals surface area contributed by atoms with Gasteiger partial charge in [0, 0.05) is 0 Å². The van der Waals surface area contributed by atoms with Gasteiger partial charge >= 0.3 is 5.97 Å². The van der Waals surface area contributed by atoms with E-state index >= 15 is 0 Å². The van der Waals surface area contributed by atoms with Crippen molar-refractivity contribution in [1.29, 1.82) is 0 Å². The Bertz CT molecular complexity index is 577. The summed E-state index contributed by atoms with van der Waals surface area (Å²) >= 11 is 0. The molecule has 126 valence electrons.